The van der Waals surface area contributed by atoms with Crippen LogP contribution in [0.4, 0.5) is 0 Å². The summed E-state index contributed by atoms with van der Waals surface area (Å²) in [4.78, 5) is 11.5. The summed E-state index contributed by atoms with van der Waals surface area (Å²) >= 11 is 0. The zero-order chi connectivity index (χ0) is 17.1. The van der Waals surface area contributed by atoms with Gasteiger partial charge in [-0.1, -0.05) is 18.2 Å². The minimum absolute atomic E-state index is 0.123. The van der Waals surface area contributed by atoms with Crippen molar-refractivity contribution in [1.29, 1.82) is 0 Å². The van der Waals surface area contributed by atoms with Crippen LogP contribution in [0.5, 0.6) is 5.75 Å². The molecule has 0 fully saturated rings. The number of aromatic nitrogens is 2. The van der Waals surface area contributed by atoms with Crippen molar-refractivity contribution in [2.75, 3.05) is 0 Å². The molecule has 3 rings (SSSR count). The number of hydrogen-bond donors (Lipinski definition) is 0. The maximum atomic E-state index is 11.5. The lowest BCUT2D eigenvalue weighted by atomic mass is 10.0. The second kappa shape index (κ2) is 6.71. The number of rotatable bonds is 5. The Morgan fingerprint density at radius 3 is 2.50 bits per heavy atom. The van der Waals surface area contributed by atoms with E-state index in [4.69, 9.17) is 4.74 Å². The van der Waals surface area contributed by atoms with Gasteiger partial charge in [-0.25, -0.2) is 4.68 Å². The van der Waals surface area contributed by atoms with Gasteiger partial charge in [-0.3, -0.25) is 4.79 Å². The van der Waals surface area contributed by atoms with Crippen molar-refractivity contribution in [2.24, 2.45) is 0 Å². The molecule has 1 aromatic heterocycles. The fourth-order valence-corrected chi connectivity index (χ4v) is 2.64. The Balaban J connectivity index is 2.03. The second-order valence-electron chi connectivity index (χ2n) is 5.97. The lowest BCUT2D eigenvalue weighted by Gasteiger charge is -2.12. The molecule has 0 N–H and O–H groups in total. The van der Waals surface area contributed by atoms with Crippen LogP contribution in [-0.4, -0.2) is 22.2 Å². The predicted octanol–water partition coefficient (Wildman–Crippen LogP) is 4.45. The molecule has 0 atom stereocenters. The van der Waals surface area contributed by atoms with Crippen LogP contribution in [0.25, 0.3) is 16.9 Å². The number of carbonyl (C=O) groups is 1. The number of ether oxygens (including phenoxy) is 1. The smallest absolute Gasteiger partial charge is 0.153 e. The molecule has 0 spiro atoms. The van der Waals surface area contributed by atoms with Crippen molar-refractivity contribution in [3.05, 3.63) is 65.9 Å². The normalized spacial score (nSPS) is 10.8. The first kappa shape index (κ1) is 16.0. The van der Waals surface area contributed by atoms with E-state index >= 15 is 0 Å². The van der Waals surface area contributed by atoms with Crippen molar-refractivity contribution in [3.8, 4) is 22.7 Å². The quantitative estimate of drug-likeness (QED) is 0.652. The zero-order valence-corrected chi connectivity index (χ0v) is 14.1. The third kappa shape index (κ3) is 3.23. The third-order valence-corrected chi connectivity index (χ3v) is 3.72. The summed E-state index contributed by atoms with van der Waals surface area (Å²) in [5, 5.41) is 4.62. The largest absolute Gasteiger partial charge is 0.491 e. The van der Waals surface area contributed by atoms with E-state index in [1.54, 1.807) is 10.9 Å². The molecule has 24 heavy (non-hydrogen) atoms. The van der Waals surface area contributed by atoms with Gasteiger partial charge in [0.05, 0.1) is 17.4 Å². The Bertz CT molecular complexity index is 851. The molecule has 3 aromatic rings. The first-order valence-corrected chi connectivity index (χ1v) is 7.96. The summed E-state index contributed by atoms with van der Waals surface area (Å²) in [7, 11) is 0. The summed E-state index contributed by atoms with van der Waals surface area (Å²) in [6.07, 6.45) is 2.73. The van der Waals surface area contributed by atoms with Gasteiger partial charge in [0.2, 0.25) is 0 Å². The van der Waals surface area contributed by atoms with E-state index in [9.17, 15) is 4.79 Å². The molecule has 0 aliphatic rings. The fourth-order valence-electron chi connectivity index (χ4n) is 2.64. The molecule has 0 bridgehead atoms. The minimum Gasteiger partial charge on any atom is -0.491 e. The highest BCUT2D eigenvalue weighted by Crippen LogP contribution is 2.29. The van der Waals surface area contributed by atoms with Gasteiger partial charge < -0.3 is 4.74 Å². The van der Waals surface area contributed by atoms with Crippen molar-refractivity contribution in [3.63, 3.8) is 0 Å². The Hall–Kier alpha value is -2.88. The van der Waals surface area contributed by atoms with E-state index in [1.165, 1.54) is 0 Å². The number of benzene rings is 2. The van der Waals surface area contributed by atoms with Crippen LogP contribution in [0.15, 0.2) is 54.7 Å². The van der Waals surface area contributed by atoms with Crippen LogP contribution in [-0.2, 0) is 0 Å². The van der Waals surface area contributed by atoms with Gasteiger partial charge >= 0.3 is 0 Å². The predicted molar refractivity (Wildman–Crippen MR) is 94.9 cm³/mol. The maximum absolute atomic E-state index is 11.5. The molecular weight excluding hydrogens is 300 g/mol. The fraction of sp³-hybridized carbons (Fsp3) is 0.200. The number of carbonyl (C=O) groups excluding carboxylic acids is 1. The first-order chi connectivity index (χ1) is 11.6. The van der Waals surface area contributed by atoms with E-state index in [1.807, 2.05) is 69.3 Å². The molecule has 0 saturated heterocycles. The molecule has 4 heteroatoms. The molecule has 0 aliphatic carbocycles. The van der Waals surface area contributed by atoms with Gasteiger partial charge in [0, 0.05) is 11.8 Å². The number of hydrogen-bond acceptors (Lipinski definition) is 3. The zero-order valence-electron chi connectivity index (χ0n) is 14.1. The van der Waals surface area contributed by atoms with Crippen LogP contribution >= 0.6 is 0 Å². The standard InChI is InChI=1S/C20H20N2O2/c1-14(2)24-18-9-10-19(15(3)11-18)20-16(13-23)12-22(21-20)17-7-5-4-6-8-17/h4-14H,1-3H3. The topological polar surface area (TPSA) is 44.1 Å². The molecule has 0 unspecified atom stereocenters. The van der Waals surface area contributed by atoms with Crippen LogP contribution < -0.4 is 4.74 Å². The van der Waals surface area contributed by atoms with Gasteiger partial charge in [-0.2, -0.15) is 5.10 Å². The van der Waals surface area contributed by atoms with Crippen LogP contribution in [0, 0.1) is 6.92 Å². The average Bonchev–Trinajstić information content (AvgIpc) is 2.99. The number of nitrogens with zero attached hydrogens (tertiary/aromatic N) is 2. The van der Waals surface area contributed by atoms with Crippen molar-refractivity contribution in [2.45, 2.75) is 26.9 Å². The van der Waals surface area contributed by atoms with Crippen LogP contribution in [0.3, 0.4) is 0 Å². The molecule has 0 saturated carbocycles. The average molecular weight is 320 g/mol. The highest BCUT2D eigenvalue weighted by atomic mass is 16.5. The van der Waals surface area contributed by atoms with E-state index in [2.05, 4.69) is 5.10 Å². The van der Waals surface area contributed by atoms with E-state index in [-0.39, 0.29) is 6.10 Å². The summed E-state index contributed by atoms with van der Waals surface area (Å²) < 4.78 is 7.45. The molecular formula is C20H20N2O2. The highest BCUT2D eigenvalue weighted by Gasteiger charge is 2.14. The highest BCUT2D eigenvalue weighted by molar-refractivity contribution is 5.86. The second-order valence-corrected chi connectivity index (χ2v) is 5.97. The Morgan fingerprint density at radius 2 is 1.88 bits per heavy atom. The van der Waals surface area contributed by atoms with E-state index in [0.717, 1.165) is 28.8 Å². The Morgan fingerprint density at radius 1 is 1.12 bits per heavy atom. The summed E-state index contributed by atoms with van der Waals surface area (Å²) in [6, 6.07) is 15.6. The molecule has 2 aromatic carbocycles. The van der Waals surface area contributed by atoms with Crippen molar-refractivity contribution >= 4 is 6.29 Å². The SMILES string of the molecule is Cc1cc(OC(C)C)ccc1-c1nn(-c2ccccc2)cc1C=O. The van der Waals surface area contributed by atoms with Crippen molar-refractivity contribution < 1.29 is 9.53 Å². The number of aryl methyl sites for hydroxylation is 1. The maximum Gasteiger partial charge on any atom is 0.153 e. The molecule has 1 heterocycles. The lowest BCUT2D eigenvalue weighted by Crippen LogP contribution is -2.05. The summed E-state index contributed by atoms with van der Waals surface area (Å²) in [6.45, 7) is 5.99. The first-order valence-electron chi connectivity index (χ1n) is 7.96. The molecule has 0 aliphatic heterocycles. The van der Waals surface area contributed by atoms with Crippen LogP contribution in [0.2, 0.25) is 0 Å². The summed E-state index contributed by atoms with van der Waals surface area (Å²) in [5.41, 5.74) is 4.13. The third-order valence-electron chi connectivity index (χ3n) is 3.72. The van der Waals surface area contributed by atoms with E-state index < -0.39 is 0 Å². The molecule has 0 amide bonds. The monoisotopic (exact) mass is 320 g/mol. The van der Waals surface area contributed by atoms with Gasteiger partial charge in [-0.15, -0.1) is 0 Å². The Labute approximate surface area is 141 Å². The van der Waals surface area contributed by atoms with Gasteiger partial charge in [0.25, 0.3) is 0 Å². The Kier molecular flexibility index (Phi) is 4.47. The molecule has 0 radical (unpaired) electrons. The van der Waals surface area contributed by atoms with Crippen molar-refractivity contribution in [1.82, 2.24) is 9.78 Å². The molecule has 4 nitrogen and oxygen atoms in total. The van der Waals surface area contributed by atoms with E-state index in [0.29, 0.717) is 11.3 Å². The summed E-state index contributed by atoms with van der Waals surface area (Å²) in [5.74, 6) is 0.821. The van der Waals surface area contributed by atoms with Gasteiger partial charge in [0.1, 0.15) is 11.4 Å². The minimum atomic E-state index is 0.123. The number of aldehydes is 1. The molecule has 122 valence electrons. The number of para-hydroxylation sites is 1. The van der Waals surface area contributed by atoms with Gasteiger partial charge in [0.15, 0.2) is 6.29 Å². The van der Waals surface area contributed by atoms with Crippen LogP contribution in [0.1, 0.15) is 29.8 Å². The lowest BCUT2D eigenvalue weighted by molar-refractivity contribution is 0.112. The van der Waals surface area contributed by atoms with Gasteiger partial charge in [-0.05, 0) is 56.7 Å².